The topological polar surface area (TPSA) is 43.8 Å². The third-order valence-electron chi connectivity index (χ3n) is 3.39. The van der Waals surface area contributed by atoms with Crippen molar-refractivity contribution in [2.24, 2.45) is 0 Å². The minimum Gasteiger partial charge on any atom is -0.508 e. The van der Waals surface area contributed by atoms with E-state index >= 15 is 0 Å². The summed E-state index contributed by atoms with van der Waals surface area (Å²) in [5.41, 5.74) is 0.855. The van der Waals surface area contributed by atoms with Gasteiger partial charge in [0.2, 0.25) is 5.91 Å². The van der Waals surface area contributed by atoms with Gasteiger partial charge in [0, 0.05) is 38.6 Å². The highest BCUT2D eigenvalue weighted by Gasteiger charge is 2.20. The molecule has 0 radical (unpaired) electrons. The number of phenols is 1. The number of aromatic hydroxyl groups is 1. The average Bonchev–Trinajstić information content (AvgIpc) is 2.40. The minimum absolute atomic E-state index is 0.121. The highest BCUT2D eigenvalue weighted by molar-refractivity contribution is 6.18. The van der Waals surface area contributed by atoms with Gasteiger partial charge in [-0.3, -0.25) is 9.69 Å². The fourth-order valence-corrected chi connectivity index (χ4v) is 2.53. The third-order valence-corrected chi connectivity index (χ3v) is 3.56. The zero-order valence-electron chi connectivity index (χ0n) is 10.9. The normalized spacial score (nSPS) is 16.6. The molecule has 2 rings (SSSR count). The maximum absolute atomic E-state index is 12.1. The Balaban J connectivity index is 1.84. The van der Waals surface area contributed by atoms with Gasteiger partial charge < -0.3 is 10.0 Å². The van der Waals surface area contributed by atoms with Crippen molar-refractivity contribution in [1.82, 2.24) is 9.80 Å². The van der Waals surface area contributed by atoms with Gasteiger partial charge in [-0.1, -0.05) is 12.1 Å². The number of benzene rings is 1. The molecule has 0 spiro atoms. The van der Waals surface area contributed by atoms with Crippen LogP contribution in [0.4, 0.5) is 0 Å². The van der Waals surface area contributed by atoms with Gasteiger partial charge in [-0.25, -0.2) is 0 Å². The molecule has 4 nitrogen and oxygen atoms in total. The van der Waals surface area contributed by atoms with E-state index in [-0.39, 0.29) is 11.7 Å². The molecule has 0 atom stereocenters. The molecule has 1 aliphatic rings. The summed E-state index contributed by atoms with van der Waals surface area (Å²) in [7, 11) is 0. The van der Waals surface area contributed by atoms with Crippen LogP contribution in [0.15, 0.2) is 24.3 Å². The molecule has 0 bridgehead atoms. The van der Waals surface area contributed by atoms with E-state index in [0.717, 1.165) is 38.3 Å². The van der Waals surface area contributed by atoms with E-state index in [1.54, 1.807) is 18.2 Å². The number of carbonyl (C=O) groups is 1. The van der Waals surface area contributed by atoms with Crippen LogP contribution in [0.3, 0.4) is 0 Å². The van der Waals surface area contributed by atoms with E-state index in [1.165, 1.54) is 0 Å². The maximum atomic E-state index is 12.1. The number of rotatable bonds is 4. The number of amides is 1. The molecular formula is C14H19ClN2O2. The molecule has 0 aromatic heterocycles. The quantitative estimate of drug-likeness (QED) is 0.847. The number of hydrogen-bond acceptors (Lipinski definition) is 3. The van der Waals surface area contributed by atoms with Crippen LogP contribution in [0.25, 0.3) is 0 Å². The SMILES string of the molecule is O=C(Cc1cccc(O)c1)N1CCN(CCCl)CC1. The van der Waals surface area contributed by atoms with Crippen LogP contribution in [0.2, 0.25) is 0 Å². The summed E-state index contributed by atoms with van der Waals surface area (Å²) in [5.74, 6) is 0.963. The average molecular weight is 283 g/mol. The van der Waals surface area contributed by atoms with Gasteiger partial charge in [0.1, 0.15) is 5.75 Å². The van der Waals surface area contributed by atoms with E-state index in [4.69, 9.17) is 11.6 Å². The van der Waals surface area contributed by atoms with Crippen molar-refractivity contribution in [1.29, 1.82) is 0 Å². The number of nitrogens with zero attached hydrogens (tertiary/aromatic N) is 2. The second-order valence-electron chi connectivity index (χ2n) is 4.76. The Morgan fingerprint density at radius 3 is 2.63 bits per heavy atom. The molecule has 1 amide bonds. The summed E-state index contributed by atoms with van der Waals surface area (Å²) in [5, 5.41) is 9.39. The Hall–Kier alpha value is -1.26. The Bertz CT molecular complexity index is 431. The monoisotopic (exact) mass is 282 g/mol. The van der Waals surface area contributed by atoms with Crippen molar-refractivity contribution in [3.63, 3.8) is 0 Å². The molecule has 1 aromatic rings. The van der Waals surface area contributed by atoms with Gasteiger partial charge >= 0.3 is 0 Å². The molecule has 0 aliphatic carbocycles. The lowest BCUT2D eigenvalue weighted by molar-refractivity contribution is -0.132. The van der Waals surface area contributed by atoms with Crippen molar-refractivity contribution in [3.05, 3.63) is 29.8 Å². The molecule has 1 heterocycles. The second-order valence-corrected chi connectivity index (χ2v) is 5.14. The number of alkyl halides is 1. The Morgan fingerprint density at radius 1 is 1.26 bits per heavy atom. The first kappa shape index (κ1) is 14.2. The molecule has 19 heavy (non-hydrogen) atoms. The van der Waals surface area contributed by atoms with Crippen LogP contribution >= 0.6 is 11.6 Å². The standard InChI is InChI=1S/C14H19ClN2O2/c15-4-5-16-6-8-17(9-7-16)14(19)11-12-2-1-3-13(18)10-12/h1-3,10,18H,4-9,11H2. The van der Waals surface area contributed by atoms with Gasteiger partial charge in [0.05, 0.1) is 6.42 Å². The molecule has 1 aliphatic heterocycles. The molecule has 1 fully saturated rings. The van der Waals surface area contributed by atoms with Gasteiger partial charge in [-0.05, 0) is 17.7 Å². The molecule has 104 valence electrons. The highest BCUT2D eigenvalue weighted by Crippen LogP contribution is 2.13. The van der Waals surface area contributed by atoms with Crippen LogP contribution in [-0.2, 0) is 11.2 Å². The largest absolute Gasteiger partial charge is 0.508 e. The predicted molar refractivity (Wildman–Crippen MR) is 75.6 cm³/mol. The zero-order chi connectivity index (χ0) is 13.7. The smallest absolute Gasteiger partial charge is 0.227 e. The fraction of sp³-hybridized carbons (Fsp3) is 0.500. The summed E-state index contributed by atoms with van der Waals surface area (Å²) in [6.07, 6.45) is 0.351. The van der Waals surface area contributed by atoms with Gasteiger partial charge in [-0.15, -0.1) is 11.6 Å². The zero-order valence-corrected chi connectivity index (χ0v) is 11.6. The molecule has 1 N–H and O–H groups in total. The summed E-state index contributed by atoms with van der Waals surface area (Å²) < 4.78 is 0. The fourth-order valence-electron chi connectivity index (χ4n) is 2.29. The number of phenolic OH excluding ortho intramolecular Hbond substituents is 1. The lowest BCUT2D eigenvalue weighted by Crippen LogP contribution is -2.49. The summed E-state index contributed by atoms with van der Waals surface area (Å²) in [6, 6.07) is 6.87. The summed E-state index contributed by atoms with van der Waals surface area (Å²) in [6.45, 7) is 4.18. The first-order valence-corrected chi connectivity index (χ1v) is 7.06. The lowest BCUT2D eigenvalue weighted by Gasteiger charge is -2.34. The maximum Gasteiger partial charge on any atom is 0.227 e. The Morgan fingerprint density at radius 2 is 2.00 bits per heavy atom. The van der Waals surface area contributed by atoms with Gasteiger partial charge in [0.15, 0.2) is 0 Å². The van der Waals surface area contributed by atoms with Crippen molar-refractivity contribution >= 4 is 17.5 Å². The number of halogens is 1. The molecule has 0 unspecified atom stereocenters. The Kier molecular flexibility index (Phi) is 5.05. The van der Waals surface area contributed by atoms with E-state index in [0.29, 0.717) is 12.3 Å². The first-order valence-electron chi connectivity index (χ1n) is 6.53. The number of carbonyl (C=O) groups excluding carboxylic acids is 1. The summed E-state index contributed by atoms with van der Waals surface area (Å²) in [4.78, 5) is 16.3. The van der Waals surface area contributed by atoms with E-state index in [2.05, 4.69) is 4.90 Å². The van der Waals surface area contributed by atoms with Crippen molar-refractivity contribution < 1.29 is 9.90 Å². The third kappa shape index (κ3) is 4.11. The van der Waals surface area contributed by atoms with Crippen LogP contribution < -0.4 is 0 Å². The van der Waals surface area contributed by atoms with E-state index < -0.39 is 0 Å². The van der Waals surface area contributed by atoms with Gasteiger partial charge in [-0.2, -0.15) is 0 Å². The van der Waals surface area contributed by atoms with Crippen LogP contribution in [0.5, 0.6) is 5.75 Å². The first-order chi connectivity index (χ1) is 9.19. The highest BCUT2D eigenvalue weighted by atomic mass is 35.5. The molecule has 5 heteroatoms. The number of hydrogen-bond donors (Lipinski definition) is 1. The van der Waals surface area contributed by atoms with Crippen molar-refractivity contribution in [2.45, 2.75) is 6.42 Å². The van der Waals surface area contributed by atoms with Crippen LogP contribution in [0, 0.1) is 0 Å². The summed E-state index contributed by atoms with van der Waals surface area (Å²) >= 11 is 5.71. The van der Waals surface area contributed by atoms with Crippen molar-refractivity contribution in [3.8, 4) is 5.75 Å². The van der Waals surface area contributed by atoms with E-state index in [1.807, 2.05) is 11.0 Å². The molecule has 0 saturated carbocycles. The molecular weight excluding hydrogens is 264 g/mol. The molecule has 1 saturated heterocycles. The van der Waals surface area contributed by atoms with E-state index in [9.17, 15) is 9.90 Å². The second kappa shape index (κ2) is 6.78. The lowest BCUT2D eigenvalue weighted by atomic mass is 10.1. The van der Waals surface area contributed by atoms with Crippen LogP contribution in [0.1, 0.15) is 5.56 Å². The molecule has 1 aromatic carbocycles. The van der Waals surface area contributed by atoms with Crippen LogP contribution in [-0.4, -0.2) is 59.4 Å². The Labute approximate surface area is 118 Å². The predicted octanol–water partition coefficient (Wildman–Crippen LogP) is 1.32. The van der Waals surface area contributed by atoms with Crippen molar-refractivity contribution in [2.75, 3.05) is 38.6 Å². The minimum atomic E-state index is 0.121. The van der Waals surface area contributed by atoms with Gasteiger partial charge in [0.25, 0.3) is 0 Å². The number of piperazine rings is 1.